The fourth-order valence-corrected chi connectivity index (χ4v) is 2.77. The second-order valence-corrected chi connectivity index (χ2v) is 6.13. The Bertz CT molecular complexity index is 986. The first-order valence-electron chi connectivity index (χ1n) is 8.00. The van der Waals surface area contributed by atoms with Crippen molar-refractivity contribution in [3.05, 3.63) is 64.3 Å². The Hall–Kier alpha value is -3.08. The number of esters is 1. The van der Waals surface area contributed by atoms with Gasteiger partial charge in [-0.2, -0.15) is 0 Å². The van der Waals surface area contributed by atoms with Gasteiger partial charge in [0.25, 0.3) is 5.91 Å². The number of nitrogens with one attached hydrogen (secondary N) is 2. The quantitative estimate of drug-likeness (QED) is 0.706. The number of rotatable bonds is 3. The van der Waals surface area contributed by atoms with Crippen LogP contribution < -0.4 is 5.32 Å². The first-order chi connectivity index (χ1) is 11.9. The molecule has 128 valence electrons. The van der Waals surface area contributed by atoms with Gasteiger partial charge in [-0.15, -0.1) is 0 Å². The van der Waals surface area contributed by atoms with Crippen LogP contribution >= 0.6 is 0 Å². The lowest BCUT2D eigenvalue weighted by atomic mass is 10.1. The largest absolute Gasteiger partial charge is 0.465 e. The van der Waals surface area contributed by atoms with Crippen molar-refractivity contribution in [3.8, 4) is 0 Å². The third-order valence-electron chi connectivity index (χ3n) is 4.50. The van der Waals surface area contributed by atoms with Crippen molar-refractivity contribution in [2.45, 2.75) is 20.8 Å². The normalized spacial score (nSPS) is 10.7. The third kappa shape index (κ3) is 3.13. The van der Waals surface area contributed by atoms with Gasteiger partial charge in [-0.05, 0) is 61.7 Å². The van der Waals surface area contributed by atoms with E-state index in [2.05, 4.69) is 10.3 Å². The molecule has 0 aliphatic heterocycles. The van der Waals surface area contributed by atoms with Crippen molar-refractivity contribution in [2.24, 2.45) is 0 Å². The van der Waals surface area contributed by atoms with Crippen molar-refractivity contribution in [1.82, 2.24) is 4.98 Å². The number of ether oxygens (including phenoxy) is 1. The maximum absolute atomic E-state index is 12.6. The third-order valence-corrected chi connectivity index (χ3v) is 4.50. The van der Waals surface area contributed by atoms with Gasteiger partial charge in [0.2, 0.25) is 0 Å². The molecule has 0 saturated heterocycles. The maximum Gasteiger partial charge on any atom is 0.337 e. The SMILES string of the molecule is COC(=O)c1ccc(C)c(NC(=O)c2cc3c(C)c(C)ccc3[nH]2)c1. The Labute approximate surface area is 146 Å². The number of amides is 1. The van der Waals surface area contributed by atoms with Crippen LogP contribution in [-0.2, 0) is 4.74 Å². The minimum absolute atomic E-state index is 0.252. The lowest BCUT2D eigenvalue weighted by Gasteiger charge is -2.09. The highest BCUT2D eigenvalue weighted by molar-refractivity contribution is 6.07. The summed E-state index contributed by atoms with van der Waals surface area (Å²) in [4.78, 5) is 27.5. The van der Waals surface area contributed by atoms with Crippen LogP contribution in [0.15, 0.2) is 36.4 Å². The molecular weight excluding hydrogens is 316 g/mol. The molecule has 0 unspecified atom stereocenters. The number of hydrogen-bond donors (Lipinski definition) is 2. The molecule has 3 aromatic rings. The van der Waals surface area contributed by atoms with Gasteiger partial charge in [-0.3, -0.25) is 4.79 Å². The van der Waals surface area contributed by atoms with Gasteiger partial charge < -0.3 is 15.0 Å². The number of aromatic nitrogens is 1. The van der Waals surface area contributed by atoms with Crippen molar-refractivity contribution in [2.75, 3.05) is 12.4 Å². The summed E-state index contributed by atoms with van der Waals surface area (Å²) in [7, 11) is 1.33. The maximum atomic E-state index is 12.6. The van der Waals surface area contributed by atoms with Gasteiger partial charge in [-0.1, -0.05) is 12.1 Å². The molecule has 0 spiro atoms. The smallest absolute Gasteiger partial charge is 0.337 e. The summed E-state index contributed by atoms with van der Waals surface area (Å²) >= 11 is 0. The van der Waals surface area contributed by atoms with Crippen LogP contribution in [-0.4, -0.2) is 24.0 Å². The minimum atomic E-state index is -0.438. The number of carbonyl (C=O) groups is 2. The second-order valence-electron chi connectivity index (χ2n) is 6.13. The van der Waals surface area contributed by atoms with Crippen LogP contribution in [0.4, 0.5) is 5.69 Å². The van der Waals surface area contributed by atoms with E-state index in [0.717, 1.165) is 22.0 Å². The fourth-order valence-electron chi connectivity index (χ4n) is 2.77. The number of H-pyrrole nitrogens is 1. The van der Waals surface area contributed by atoms with E-state index in [1.54, 1.807) is 18.2 Å². The summed E-state index contributed by atoms with van der Waals surface area (Å²) in [6, 6.07) is 10.9. The summed E-state index contributed by atoms with van der Waals surface area (Å²) < 4.78 is 4.73. The molecule has 2 aromatic carbocycles. The summed E-state index contributed by atoms with van der Waals surface area (Å²) in [6.45, 7) is 5.95. The van der Waals surface area contributed by atoms with Gasteiger partial charge in [0.1, 0.15) is 5.69 Å². The zero-order valence-electron chi connectivity index (χ0n) is 14.7. The van der Waals surface area contributed by atoms with E-state index in [1.807, 2.05) is 39.0 Å². The van der Waals surface area contributed by atoms with Gasteiger partial charge in [0, 0.05) is 16.6 Å². The highest BCUT2D eigenvalue weighted by Crippen LogP contribution is 2.24. The van der Waals surface area contributed by atoms with Gasteiger partial charge in [-0.25, -0.2) is 4.79 Å². The number of hydrogen-bond acceptors (Lipinski definition) is 3. The van der Waals surface area contributed by atoms with Crippen molar-refractivity contribution in [1.29, 1.82) is 0 Å². The number of anilines is 1. The summed E-state index contributed by atoms with van der Waals surface area (Å²) in [6.07, 6.45) is 0. The molecular formula is C20H20N2O3. The lowest BCUT2D eigenvalue weighted by Crippen LogP contribution is -2.14. The molecule has 1 heterocycles. The van der Waals surface area contributed by atoms with Gasteiger partial charge in [0.05, 0.1) is 12.7 Å². The molecule has 1 amide bonds. The van der Waals surface area contributed by atoms with Crippen LogP contribution in [0.25, 0.3) is 10.9 Å². The van der Waals surface area contributed by atoms with E-state index in [-0.39, 0.29) is 5.91 Å². The first-order valence-corrected chi connectivity index (χ1v) is 8.00. The van der Waals surface area contributed by atoms with E-state index in [9.17, 15) is 9.59 Å². The zero-order valence-corrected chi connectivity index (χ0v) is 14.7. The first kappa shape index (κ1) is 16.8. The number of carbonyl (C=O) groups excluding carboxylic acids is 2. The van der Waals surface area contributed by atoms with Gasteiger partial charge >= 0.3 is 5.97 Å². The molecule has 0 bridgehead atoms. The molecule has 0 fully saturated rings. The van der Waals surface area contributed by atoms with E-state index in [0.29, 0.717) is 16.9 Å². The lowest BCUT2D eigenvalue weighted by molar-refractivity contribution is 0.0600. The molecule has 0 radical (unpaired) electrons. The molecule has 1 aromatic heterocycles. The Morgan fingerprint density at radius 1 is 1.00 bits per heavy atom. The molecule has 2 N–H and O–H groups in total. The number of benzene rings is 2. The van der Waals surface area contributed by atoms with Crippen molar-refractivity contribution in [3.63, 3.8) is 0 Å². The zero-order chi connectivity index (χ0) is 18.1. The molecule has 5 heteroatoms. The molecule has 0 atom stereocenters. The predicted octanol–water partition coefficient (Wildman–Crippen LogP) is 4.13. The van der Waals surface area contributed by atoms with Crippen LogP contribution in [0, 0.1) is 20.8 Å². The second kappa shape index (κ2) is 6.43. The van der Waals surface area contributed by atoms with E-state index in [1.165, 1.54) is 12.7 Å². The molecule has 25 heavy (non-hydrogen) atoms. The Morgan fingerprint density at radius 3 is 2.44 bits per heavy atom. The Balaban J connectivity index is 1.92. The summed E-state index contributed by atoms with van der Waals surface area (Å²) in [5.41, 5.74) is 5.58. The van der Waals surface area contributed by atoms with Gasteiger partial charge in [0.15, 0.2) is 0 Å². The molecule has 3 rings (SSSR count). The minimum Gasteiger partial charge on any atom is -0.465 e. The standard InChI is InChI=1S/C20H20N2O3/c1-11-6-8-16-15(13(11)3)10-18(21-16)19(23)22-17-9-14(20(24)25-4)7-5-12(17)2/h5-10,21H,1-4H3,(H,22,23). The van der Waals surface area contributed by atoms with E-state index >= 15 is 0 Å². The summed E-state index contributed by atoms with van der Waals surface area (Å²) in [5, 5.41) is 3.90. The average molecular weight is 336 g/mol. The van der Waals surface area contributed by atoms with Crippen molar-refractivity contribution < 1.29 is 14.3 Å². The highest BCUT2D eigenvalue weighted by Gasteiger charge is 2.14. The van der Waals surface area contributed by atoms with Crippen LogP contribution in [0.2, 0.25) is 0 Å². The number of methoxy groups -OCH3 is 1. The van der Waals surface area contributed by atoms with Crippen LogP contribution in [0.3, 0.4) is 0 Å². The number of aryl methyl sites for hydroxylation is 3. The van der Waals surface area contributed by atoms with Crippen molar-refractivity contribution >= 4 is 28.5 Å². The van der Waals surface area contributed by atoms with E-state index < -0.39 is 5.97 Å². The monoisotopic (exact) mass is 336 g/mol. The molecule has 0 saturated carbocycles. The topological polar surface area (TPSA) is 71.2 Å². The highest BCUT2D eigenvalue weighted by atomic mass is 16.5. The molecule has 5 nitrogen and oxygen atoms in total. The fraction of sp³-hybridized carbons (Fsp3) is 0.200. The number of aromatic amines is 1. The molecule has 0 aliphatic carbocycles. The Kier molecular flexibility index (Phi) is 4.31. The number of fused-ring (bicyclic) bond motifs is 1. The predicted molar refractivity (Wildman–Crippen MR) is 98.2 cm³/mol. The average Bonchev–Trinajstić information content (AvgIpc) is 3.04. The van der Waals surface area contributed by atoms with Crippen LogP contribution in [0.1, 0.15) is 37.5 Å². The molecule has 0 aliphatic rings. The Morgan fingerprint density at radius 2 is 1.72 bits per heavy atom. The summed E-state index contributed by atoms with van der Waals surface area (Å²) in [5.74, 6) is -0.689. The van der Waals surface area contributed by atoms with Crippen LogP contribution in [0.5, 0.6) is 0 Å². The van der Waals surface area contributed by atoms with E-state index in [4.69, 9.17) is 4.74 Å².